The van der Waals surface area contributed by atoms with Crippen molar-refractivity contribution in [2.45, 2.75) is 11.4 Å². The smallest absolute Gasteiger partial charge is 0.286 e. The quantitative estimate of drug-likeness (QED) is 0.417. The number of nitro benzene ring substituents is 1. The summed E-state index contributed by atoms with van der Waals surface area (Å²) < 4.78 is 10.2. The van der Waals surface area contributed by atoms with Crippen LogP contribution in [0.2, 0.25) is 0 Å². The van der Waals surface area contributed by atoms with Gasteiger partial charge in [0.15, 0.2) is 11.5 Å². The average molecular weight is 376 g/mol. The molecule has 0 spiro atoms. The van der Waals surface area contributed by atoms with Gasteiger partial charge in [0.2, 0.25) is 0 Å². The van der Waals surface area contributed by atoms with Gasteiger partial charge < -0.3 is 14.4 Å². The molecule has 2 aromatic rings. The second-order valence-corrected chi connectivity index (χ2v) is 6.37. The van der Waals surface area contributed by atoms with E-state index in [9.17, 15) is 14.9 Å². The predicted molar refractivity (Wildman–Crippen MR) is 100 cm³/mol. The summed E-state index contributed by atoms with van der Waals surface area (Å²) in [5, 5.41) is 11.4. The summed E-state index contributed by atoms with van der Waals surface area (Å²) in [5.74, 6) is -0.00294. The molecular formula is C18H20N2O5S. The number of hydrogen-bond acceptors (Lipinski definition) is 6. The Morgan fingerprint density at radius 1 is 1.15 bits per heavy atom. The van der Waals surface area contributed by atoms with Crippen molar-refractivity contribution in [3.8, 4) is 11.5 Å². The summed E-state index contributed by atoms with van der Waals surface area (Å²) in [6.45, 7) is 0.332. The molecule has 0 heterocycles. The standard InChI is InChI=1S/C18H20N2O5S/c1-19(11-12-5-7-13(26-4)8-6-12)18(21)14-9-16(24-2)17(25-3)10-15(14)20(22)23/h5-10H,11H2,1-4H3. The van der Waals surface area contributed by atoms with Crippen molar-refractivity contribution in [1.82, 2.24) is 4.90 Å². The van der Waals surface area contributed by atoms with E-state index in [-0.39, 0.29) is 22.7 Å². The number of hydrogen-bond donors (Lipinski definition) is 0. The van der Waals surface area contributed by atoms with Gasteiger partial charge in [-0.1, -0.05) is 12.1 Å². The summed E-state index contributed by atoms with van der Waals surface area (Å²) in [6.07, 6.45) is 1.99. The first-order valence-corrected chi connectivity index (χ1v) is 8.92. The van der Waals surface area contributed by atoms with E-state index >= 15 is 0 Å². The minimum absolute atomic E-state index is 0.0455. The van der Waals surface area contributed by atoms with Crippen LogP contribution in [0.15, 0.2) is 41.3 Å². The summed E-state index contributed by atoms with van der Waals surface area (Å²) >= 11 is 1.63. The highest BCUT2D eigenvalue weighted by molar-refractivity contribution is 7.98. The highest BCUT2D eigenvalue weighted by Gasteiger charge is 2.26. The highest BCUT2D eigenvalue weighted by atomic mass is 32.2. The number of nitrogens with zero attached hydrogens (tertiary/aromatic N) is 2. The van der Waals surface area contributed by atoms with Crippen LogP contribution in [0.1, 0.15) is 15.9 Å². The first kappa shape index (κ1) is 19.6. The number of thioether (sulfide) groups is 1. The van der Waals surface area contributed by atoms with E-state index in [1.54, 1.807) is 18.8 Å². The molecule has 8 heteroatoms. The molecule has 0 atom stereocenters. The second kappa shape index (κ2) is 8.57. The van der Waals surface area contributed by atoms with Crippen molar-refractivity contribution in [1.29, 1.82) is 0 Å². The normalized spacial score (nSPS) is 10.3. The molecule has 0 N–H and O–H groups in total. The van der Waals surface area contributed by atoms with Gasteiger partial charge >= 0.3 is 0 Å². The Morgan fingerprint density at radius 2 is 1.73 bits per heavy atom. The minimum Gasteiger partial charge on any atom is -0.493 e. The zero-order valence-corrected chi connectivity index (χ0v) is 15.8. The first-order valence-electron chi connectivity index (χ1n) is 7.70. The summed E-state index contributed by atoms with van der Waals surface area (Å²) in [6, 6.07) is 10.3. The van der Waals surface area contributed by atoms with Gasteiger partial charge in [-0.15, -0.1) is 11.8 Å². The summed E-state index contributed by atoms with van der Waals surface area (Å²) in [7, 11) is 4.40. The molecule has 0 aliphatic carbocycles. The van der Waals surface area contributed by atoms with Crippen molar-refractivity contribution in [2.24, 2.45) is 0 Å². The largest absolute Gasteiger partial charge is 0.493 e. The maximum Gasteiger partial charge on any atom is 0.286 e. The maximum absolute atomic E-state index is 12.8. The molecule has 138 valence electrons. The van der Waals surface area contributed by atoms with Crippen LogP contribution in [0.4, 0.5) is 5.69 Å². The number of carbonyl (C=O) groups excluding carboxylic acids is 1. The Kier molecular flexibility index (Phi) is 6.46. The lowest BCUT2D eigenvalue weighted by Crippen LogP contribution is -2.27. The molecule has 0 saturated carbocycles. The van der Waals surface area contributed by atoms with Gasteiger partial charge in [-0.3, -0.25) is 14.9 Å². The minimum atomic E-state index is -0.601. The van der Waals surface area contributed by atoms with Gasteiger partial charge in [0, 0.05) is 24.6 Å². The Morgan fingerprint density at radius 3 is 2.23 bits per heavy atom. The molecule has 0 aliphatic heterocycles. The molecule has 0 radical (unpaired) electrons. The monoisotopic (exact) mass is 376 g/mol. The fourth-order valence-corrected chi connectivity index (χ4v) is 2.88. The van der Waals surface area contributed by atoms with E-state index in [4.69, 9.17) is 9.47 Å². The Bertz CT molecular complexity index is 808. The number of benzene rings is 2. The van der Waals surface area contributed by atoms with Gasteiger partial charge in [-0.2, -0.15) is 0 Å². The van der Waals surface area contributed by atoms with E-state index in [1.807, 2.05) is 30.5 Å². The van der Waals surface area contributed by atoms with Gasteiger partial charge in [0.05, 0.1) is 25.2 Å². The Hall–Kier alpha value is -2.74. The first-order chi connectivity index (χ1) is 12.4. The average Bonchev–Trinajstić information content (AvgIpc) is 2.66. The SMILES string of the molecule is COc1cc(C(=O)N(C)Cc2ccc(SC)cc2)c([N+](=O)[O-])cc1OC. The summed E-state index contributed by atoms with van der Waals surface area (Å²) in [4.78, 5) is 26.1. The third-order valence-electron chi connectivity index (χ3n) is 3.85. The van der Waals surface area contributed by atoms with Crippen LogP contribution >= 0.6 is 11.8 Å². The Labute approximate surface area is 156 Å². The van der Waals surface area contributed by atoms with Crippen LogP contribution < -0.4 is 9.47 Å². The third kappa shape index (κ3) is 4.26. The number of amides is 1. The summed E-state index contributed by atoms with van der Waals surface area (Å²) in [5.41, 5.74) is 0.565. The lowest BCUT2D eigenvalue weighted by atomic mass is 10.1. The van der Waals surface area contributed by atoms with Crippen molar-refractivity contribution < 1.29 is 19.2 Å². The predicted octanol–water partition coefficient (Wildman–Crippen LogP) is 3.61. The van der Waals surface area contributed by atoms with Gasteiger partial charge in [0.25, 0.3) is 11.6 Å². The van der Waals surface area contributed by atoms with Gasteiger partial charge in [0.1, 0.15) is 5.56 Å². The fourth-order valence-electron chi connectivity index (χ4n) is 2.47. The maximum atomic E-state index is 12.8. The zero-order chi connectivity index (χ0) is 19.3. The molecule has 0 bridgehead atoms. The molecule has 0 aliphatic rings. The number of ether oxygens (including phenoxy) is 2. The molecule has 0 aromatic heterocycles. The Balaban J connectivity index is 2.32. The highest BCUT2D eigenvalue weighted by Crippen LogP contribution is 2.35. The van der Waals surface area contributed by atoms with Crippen molar-refractivity contribution >= 4 is 23.4 Å². The van der Waals surface area contributed by atoms with Crippen LogP contribution in [-0.2, 0) is 6.54 Å². The molecular weight excluding hydrogens is 356 g/mol. The van der Waals surface area contributed by atoms with E-state index in [0.717, 1.165) is 10.5 Å². The number of carbonyl (C=O) groups is 1. The molecule has 26 heavy (non-hydrogen) atoms. The number of rotatable bonds is 7. The van der Waals surface area contributed by atoms with Crippen LogP contribution in [0.25, 0.3) is 0 Å². The van der Waals surface area contributed by atoms with E-state index in [1.165, 1.54) is 31.3 Å². The van der Waals surface area contributed by atoms with Crippen LogP contribution in [0.5, 0.6) is 11.5 Å². The molecule has 0 saturated heterocycles. The molecule has 7 nitrogen and oxygen atoms in total. The van der Waals surface area contributed by atoms with E-state index in [2.05, 4.69) is 0 Å². The number of methoxy groups -OCH3 is 2. The third-order valence-corrected chi connectivity index (χ3v) is 4.60. The van der Waals surface area contributed by atoms with Crippen LogP contribution in [0.3, 0.4) is 0 Å². The molecule has 0 fully saturated rings. The fraction of sp³-hybridized carbons (Fsp3) is 0.278. The van der Waals surface area contributed by atoms with Gasteiger partial charge in [-0.25, -0.2) is 0 Å². The molecule has 1 amide bonds. The van der Waals surface area contributed by atoms with Crippen molar-refractivity contribution in [3.05, 3.63) is 57.6 Å². The molecule has 2 rings (SSSR count). The molecule has 2 aromatic carbocycles. The topological polar surface area (TPSA) is 81.9 Å². The van der Waals surface area contributed by atoms with Crippen LogP contribution in [-0.4, -0.2) is 43.3 Å². The van der Waals surface area contributed by atoms with Crippen LogP contribution in [0, 0.1) is 10.1 Å². The van der Waals surface area contributed by atoms with E-state index in [0.29, 0.717) is 6.54 Å². The van der Waals surface area contributed by atoms with Crippen molar-refractivity contribution in [3.63, 3.8) is 0 Å². The number of nitro groups is 1. The lowest BCUT2D eigenvalue weighted by Gasteiger charge is -2.18. The molecule has 0 unspecified atom stereocenters. The zero-order valence-electron chi connectivity index (χ0n) is 15.0. The van der Waals surface area contributed by atoms with Gasteiger partial charge in [-0.05, 0) is 24.0 Å². The van der Waals surface area contributed by atoms with E-state index < -0.39 is 10.8 Å². The van der Waals surface area contributed by atoms with Crippen molar-refractivity contribution in [2.75, 3.05) is 27.5 Å². The second-order valence-electron chi connectivity index (χ2n) is 5.49. The lowest BCUT2D eigenvalue weighted by molar-refractivity contribution is -0.385.